The highest BCUT2D eigenvalue weighted by Gasteiger charge is 2.44. The Morgan fingerprint density at radius 1 is 1.12 bits per heavy atom. The van der Waals surface area contributed by atoms with Crippen molar-refractivity contribution in [2.45, 2.75) is 38.5 Å². The molecular formula is C22H23NO2. The summed E-state index contributed by atoms with van der Waals surface area (Å²) < 4.78 is 0. The minimum Gasteiger partial charge on any atom is -0.481 e. The number of carboxylic acids is 1. The third-order valence-corrected chi connectivity index (χ3v) is 5.22. The van der Waals surface area contributed by atoms with E-state index >= 15 is 0 Å². The molecule has 1 aliphatic rings. The van der Waals surface area contributed by atoms with Gasteiger partial charge in [-0.1, -0.05) is 45.0 Å². The molecule has 4 rings (SSSR count). The molecule has 1 saturated carbocycles. The maximum Gasteiger partial charge on any atom is 0.307 e. The molecule has 0 radical (unpaired) electrons. The topological polar surface area (TPSA) is 53.1 Å². The minimum atomic E-state index is -0.682. The summed E-state index contributed by atoms with van der Waals surface area (Å²) in [6.07, 6.45) is 0.756. The lowest BCUT2D eigenvalue weighted by Crippen LogP contribution is -2.10. The number of aliphatic carboxylic acids is 1. The van der Waals surface area contributed by atoms with E-state index in [0.29, 0.717) is 0 Å². The van der Waals surface area contributed by atoms with E-state index in [-0.39, 0.29) is 17.3 Å². The molecule has 2 atom stereocenters. The van der Waals surface area contributed by atoms with Crippen LogP contribution in [-0.2, 0) is 10.2 Å². The molecule has 1 heterocycles. The minimum absolute atomic E-state index is 0.118. The standard InChI is InChI=1S/C22H23NO2/c1-22(2,3)16-6-4-5-14(10-16)20-11-15-9-13(7-8-19(15)23-20)17-12-18(17)21(24)25/h4-11,17-18,23H,12H2,1-3H3,(H,24,25)/t17-,18+/m0/s1. The van der Waals surface area contributed by atoms with Gasteiger partial charge in [0.1, 0.15) is 0 Å². The van der Waals surface area contributed by atoms with Crippen LogP contribution in [0, 0.1) is 5.92 Å². The first-order valence-corrected chi connectivity index (χ1v) is 8.79. The van der Waals surface area contributed by atoms with Crippen LogP contribution in [0.5, 0.6) is 0 Å². The Labute approximate surface area is 147 Å². The summed E-state index contributed by atoms with van der Waals surface area (Å²) in [6.45, 7) is 6.66. The summed E-state index contributed by atoms with van der Waals surface area (Å²) in [5, 5.41) is 10.3. The summed E-state index contributed by atoms with van der Waals surface area (Å²) in [7, 11) is 0. The largest absolute Gasteiger partial charge is 0.481 e. The Hall–Kier alpha value is -2.55. The van der Waals surface area contributed by atoms with E-state index in [1.807, 2.05) is 0 Å². The second kappa shape index (κ2) is 5.48. The van der Waals surface area contributed by atoms with Crippen LogP contribution in [-0.4, -0.2) is 16.1 Å². The number of carbonyl (C=O) groups is 1. The van der Waals surface area contributed by atoms with Gasteiger partial charge in [0, 0.05) is 16.6 Å². The third kappa shape index (κ3) is 2.95. The first kappa shape index (κ1) is 15.9. The summed E-state index contributed by atoms with van der Waals surface area (Å²) in [5.41, 5.74) is 5.93. The SMILES string of the molecule is CC(C)(C)c1cccc(-c2cc3cc([C@@H]4C[C@H]4C(=O)O)ccc3[nH]2)c1. The Morgan fingerprint density at radius 2 is 1.92 bits per heavy atom. The molecule has 0 saturated heterocycles. The number of hydrogen-bond donors (Lipinski definition) is 2. The highest BCUT2D eigenvalue weighted by molar-refractivity contribution is 5.87. The van der Waals surface area contributed by atoms with E-state index in [9.17, 15) is 4.79 Å². The highest BCUT2D eigenvalue weighted by atomic mass is 16.4. The van der Waals surface area contributed by atoms with Crippen molar-refractivity contribution in [3.8, 4) is 11.3 Å². The van der Waals surface area contributed by atoms with Crippen molar-refractivity contribution in [1.82, 2.24) is 4.98 Å². The van der Waals surface area contributed by atoms with Crippen molar-refractivity contribution < 1.29 is 9.90 Å². The van der Waals surface area contributed by atoms with Gasteiger partial charge in [0.25, 0.3) is 0 Å². The predicted octanol–water partition coefficient (Wildman–Crippen LogP) is 5.32. The van der Waals surface area contributed by atoms with Crippen LogP contribution in [0.2, 0.25) is 0 Å². The van der Waals surface area contributed by atoms with Crippen LogP contribution in [0.25, 0.3) is 22.2 Å². The first-order valence-electron chi connectivity index (χ1n) is 8.79. The molecule has 0 bridgehead atoms. The zero-order valence-electron chi connectivity index (χ0n) is 14.8. The second-order valence-corrected chi connectivity index (χ2v) is 8.15. The number of aromatic amines is 1. The maximum atomic E-state index is 11.1. The first-order chi connectivity index (χ1) is 11.8. The number of nitrogens with one attached hydrogen (secondary N) is 1. The molecule has 0 amide bonds. The monoisotopic (exact) mass is 333 g/mol. The van der Waals surface area contributed by atoms with Gasteiger partial charge >= 0.3 is 5.97 Å². The van der Waals surface area contributed by atoms with Crippen molar-refractivity contribution in [3.05, 3.63) is 59.7 Å². The predicted molar refractivity (Wildman–Crippen MR) is 101 cm³/mol. The van der Waals surface area contributed by atoms with Gasteiger partial charge in [-0.2, -0.15) is 0 Å². The lowest BCUT2D eigenvalue weighted by Gasteiger charge is -2.19. The summed E-state index contributed by atoms with van der Waals surface area (Å²) >= 11 is 0. The van der Waals surface area contributed by atoms with Gasteiger partial charge < -0.3 is 10.1 Å². The number of fused-ring (bicyclic) bond motifs is 1. The average Bonchev–Trinajstić information content (AvgIpc) is 3.26. The maximum absolute atomic E-state index is 11.1. The van der Waals surface area contributed by atoms with E-state index in [4.69, 9.17) is 5.11 Å². The quantitative estimate of drug-likeness (QED) is 0.681. The highest BCUT2D eigenvalue weighted by Crippen LogP contribution is 2.48. The molecule has 0 spiro atoms. The zero-order valence-corrected chi connectivity index (χ0v) is 14.8. The van der Waals surface area contributed by atoms with Gasteiger partial charge in [0.05, 0.1) is 5.92 Å². The fourth-order valence-electron chi connectivity index (χ4n) is 3.53. The number of aromatic nitrogens is 1. The van der Waals surface area contributed by atoms with Gasteiger partial charge in [-0.15, -0.1) is 0 Å². The molecule has 3 nitrogen and oxygen atoms in total. The molecule has 3 heteroatoms. The number of benzene rings is 2. The van der Waals surface area contributed by atoms with E-state index in [1.165, 1.54) is 11.1 Å². The molecule has 1 aromatic heterocycles. The van der Waals surface area contributed by atoms with Crippen LogP contribution < -0.4 is 0 Å². The van der Waals surface area contributed by atoms with Crippen molar-refractivity contribution in [3.63, 3.8) is 0 Å². The number of rotatable bonds is 3. The van der Waals surface area contributed by atoms with Crippen LogP contribution in [0.15, 0.2) is 48.5 Å². The van der Waals surface area contributed by atoms with Crippen LogP contribution in [0.4, 0.5) is 0 Å². The molecule has 25 heavy (non-hydrogen) atoms. The van der Waals surface area contributed by atoms with E-state index in [2.05, 4.69) is 74.3 Å². The van der Waals surface area contributed by atoms with Crippen LogP contribution in [0.3, 0.4) is 0 Å². The van der Waals surface area contributed by atoms with Crippen molar-refractivity contribution in [2.24, 2.45) is 5.92 Å². The Balaban J connectivity index is 1.69. The molecule has 0 unspecified atom stereocenters. The van der Waals surface area contributed by atoms with Gasteiger partial charge in [-0.3, -0.25) is 4.79 Å². The number of hydrogen-bond acceptors (Lipinski definition) is 1. The normalized spacial score (nSPS) is 20.0. The fraction of sp³-hybridized carbons (Fsp3) is 0.318. The number of carboxylic acid groups (broad SMARTS) is 1. The van der Waals surface area contributed by atoms with Gasteiger partial charge in [-0.25, -0.2) is 0 Å². The van der Waals surface area contributed by atoms with Crippen molar-refractivity contribution >= 4 is 16.9 Å². The third-order valence-electron chi connectivity index (χ3n) is 5.22. The lowest BCUT2D eigenvalue weighted by atomic mass is 9.86. The van der Waals surface area contributed by atoms with Crippen LogP contribution in [0.1, 0.15) is 44.2 Å². The second-order valence-electron chi connectivity index (χ2n) is 8.15. The summed E-state index contributed by atoms with van der Waals surface area (Å²) in [5.74, 6) is -0.720. The van der Waals surface area contributed by atoms with Gasteiger partial charge in [0.15, 0.2) is 0 Å². The molecule has 3 aromatic rings. The Morgan fingerprint density at radius 3 is 2.60 bits per heavy atom. The summed E-state index contributed by atoms with van der Waals surface area (Å²) in [4.78, 5) is 14.6. The molecule has 2 aromatic carbocycles. The molecular weight excluding hydrogens is 310 g/mol. The summed E-state index contributed by atoms with van der Waals surface area (Å²) in [6, 6.07) is 17.1. The Kier molecular flexibility index (Phi) is 3.50. The fourth-order valence-corrected chi connectivity index (χ4v) is 3.53. The van der Waals surface area contributed by atoms with Crippen LogP contribution >= 0.6 is 0 Å². The average molecular weight is 333 g/mol. The molecule has 0 aliphatic heterocycles. The van der Waals surface area contributed by atoms with Crippen molar-refractivity contribution in [2.75, 3.05) is 0 Å². The Bertz CT molecular complexity index is 962. The van der Waals surface area contributed by atoms with E-state index in [1.54, 1.807) is 0 Å². The van der Waals surface area contributed by atoms with Crippen molar-refractivity contribution in [1.29, 1.82) is 0 Å². The van der Waals surface area contributed by atoms with E-state index in [0.717, 1.165) is 28.6 Å². The molecule has 1 aliphatic carbocycles. The number of H-pyrrole nitrogens is 1. The molecule has 128 valence electrons. The molecule has 1 fully saturated rings. The van der Waals surface area contributed by atoms with Gasteiger partial charge in [-0.05, 0) is 58.7 Å². The molecule has 2 N–H and O–H groups in total. The smallest absolute Gasteiger partial charge is 0.307 e. The zero-order chi connectivity index (χ0) is 17.8. The van der Waals surface area contributed by atoms with E-state index < -0.39 is 5.97 Å². The lowest BCUT2D eigenvalue weighted by molar-refractivity contribution is -0.138. The van der Waals surface area contributed by atoms with Gasteiger partial charge in [0.2, 0.25) is 0 Å².